The van der Waals surface area contributed by atoms with E-state index in [1.54, 1.807) is 11.8 Å². The molecule has 0 bridgehead atoms. The van der Waals surface area contributed by atoms with Crippen LogP contribution in [-0.2, 0) is 9.59 Å². The van der Waals surface area contributed by atoms with E-state index in [-0.39, 0.29) is 18.2 Å². The molecule has 0 aliphatic carbocycles. The van der Waals surface area contributed by atoms with Gasteiger partial charge in [-0.3, -0.25) is 14.9 Å². The number of carbonyl (C=O) groups is 3. The molecule has 9 nitrogen and oxygen atoms in total. The van der Waals surface area contributed by atoms with Crippen LogP contribution in [0.5, 0.6) is 0 Å². The molecule has 2 aliphatic heterocycles. The number of urea groups is 1. The number of nitrogens with zero attached hydrogens (tertiary/aromatic N) is 3. The second-order valence-electron chi connectivity index (χ2n) is 5.55. The van der Waals surface area contributed by atoms with E-state index >= 15 is 0 Å². The molecule has 2 saturated heterocycles. The molecule has 118 valence electrons. The number of rotatable bonds is 3. The monoisotopic (exact) mass is 307 g/mol. The second-order valence-corrected chi connectivity index (χ2v) is 5.55. The van der Waals surface area contributed by atoms with Crippen molar-refractivity contribution in [3.05, 3.63) is 11.7 Å². The summed E-state index contributed by atoms with van der Waals surface area (Å²) in [6, 6.07) is -1.32. The van der Waals surface area contributed by atoms with Crippen molar-refractivity contribution in [3.63, 3.8) is 0 Å². The molecule has 9 heteroatoms. The van der Waals surface area contributed by atoms with Gasteiger partial charge < -0.3 is 14.7 Å². The van der Waals surface area contributed by atoms with E-state index in [1.807, 2.05) is 0 Å². The van der Waals surface area contributed by atoms with E-state index in [1.165, 1.54) is 0 Å². The summed E-state index contributed by atoms with van der Waals surface area (Å²) in [5.41, 5.74) is 0. The minimum Gasteiger partial charge on any atom is -0.343 e. The number of hydrogen-bond donors (Lipinski definition) is 2. The van der Waals surface area contributed by atoms with Gasteiger partial charge in [-0.2, -0.15) is 4.98 Å². The Hall–Kier alpha value is -2.45. The summed E-state index contributed by atoms with van der Waals surface area (Å²) in [5.74, 6) is 0.806. The molecule has 1 aromatic heterocycles. The van der Waals surface area contributed by atoms with E-state index in [4.69, 9.17) is 4.52 Å². The molecule has 1 atom stereocenters. The van der Waals surface area contributed by atoms with Crippen LogP contribution in [0.4, 0.5) is 4.79 Å². The molecule has 3 heterocycles. The first kappa shape index (κ1) is 14.5. The van der Waals surface area contributed by atoms with E-state index in [0.717, 1.165) is 12.8 Å². The second kappa shape index (κ2) is 5.74. The average Bonchev–Trinajstić information content (AvgIpc) is 3.05. The molecule has 4 amide bonds. The third-order valence-corrected chi connectivity index (χ3v) is 3.98. The highest BCUT2D eigenvalue weighted by Crippen LogP contribution is 2.27. The van der Waals surface area contributed by atoms with Gasteiger partial charge in [0.15, 0.2) is 5.82 Å². The van der Waals surface area contributed by atoms with Crippen molar-refractivity contribution < 1.29 is 18.9 Å². The van der Waals surface area contributed by atoms with E-state index in [0.29, 0.717) is 24.8 Å². The van der Waals surface area contributed by atoms with Crippen molar-refractivity contribution in [2.75, 3.05) is 13.1 Å². The van der Waals surface area contributed by atoms with Gasteiger partial charge in [0.25, 0.3) is 5.91 Å². The largest absolute Gasteiger partial charge is 0.343 e. The van der Waals surface area contributed by atoms with Crippen molar-refractivity contribution in [2.45, 2.75) is 38.1 Å². The van der Waals surface area contributed by atoms with Crippen LogP contribution < -0.4 is 10.6 Å². The van der Waals surface area contributed by atoms with Crippen molar-refractivity contribution in [3.8, 4) is 0 Å². The Morgan fingerprint density at radius 1 is 1.36 bits per heavy atom. The Morgan fingerprint density at radius 3 is 2.64 bits per heavy atom. The topological polar surface area (TPSA) is 117 Å². The standard InChI is InChI=1S/C13H17N5O4/c1-7-14-12(22-17-7)8-2-4-18(5-3-8)10(19)6-9-11(20)16-13(21)15-9/h8-9H,2-6H2,1H3,(H2,15,16,20,21)/t9-/m0/s1. The summed E-state index contributed by atoms with van der Waals surface area (Å²) in [5, 5.41) is 8.33. The molecule has 0 aromatic carbocycles. The van der Waals surface area contributed by atoms with Gasteiger partial charge in [0.2, 0.25) is 11.8 Å². The zero-order chi connectivity index (χ0) is 15.7. The van der Waals surface area contributed by atoms with Crippen LogP contribution in [0.2, 0.25) is 0 Å². The first-order valence-corrected chi connectivity index (χ1v) is 7.22. The first-order valence-electron chi connectivity index (χ1n) is 7.22. The molecule has 2 aliphatic rings. The fourth-order valence-electron chi connectivity index (χ4n) is 2.76. The number of aromatic nitrogens is 2. The molecule has 2 N–H and O–H groups in total. The minimum absolute atomic E-state index is 0.0120. The molecular formula is C13H17N5O4. The number of aryl methyl sites for hydroxylation is 1. The highest BCUT2D eigenvalue weighted by Gasteiger charge is 2.34. The quantitative estimate of drug-likeness (QED) is 0.739. The Balaban J connectivity index is 1.51. The Morgan fingerprint density at radius 2 is 2.09 bits per heavy atom. The number of piperidine rings is 1. The van der Waals surface area contributed by atoms with Crippen LogP contribution in [0.1, 0.15) is 36.9 Å². The van der Waals surface area contributed by atoms with Gasteiger partial charge in [-0.15, -0.1) is 0 Å². The van der Waals surface area contributed by atoms with Gasteiger partial charge in [-0.05, 0) is 19.8 Å². The van der Waals surface area contributed by atoms with Gasteiger partial charge in [0.1, 0.15) is 6.04 Å². The summed E-state index contributed by atoms with van der Waals surface area (Å²) in [7, 11) is 0. The van der Waals surface area contributed by atoms with Gasteiger partial charge >= 0.3 is 6.03 Å². The van der Waals surface area contributed by atoms with E-state index in [2.05, 4.69) is 20.8 Å². The average molecular weight is 307 g/mol. The fraction of sp³-hybridized carbons (Fsp3) is 0.615. The number of hydrogen-bond acceptors (Lipinski definition) is 6. The third-order valence-electron chi connectivity index (χ3n) is 3.98. The minimum atomic E-state index is -0.767. The molecule has 3 rings (SSSR count). The zero-order valence-corrected chi connectivity index (χ0v) is 12.2. The maximum atomic E-state index is 12.2. The molecule has 0 unspecified atom stereocenters. The van der Waals surface area contributed by atoms with Crippen molar-refractivity contribution >= 4 is 17.8 Å². The molecule has 22 heavy (non-hydrogen) atoms. The summed E-state index contributed by atoms with van der Waals surface area (Å²) in [4.78, 5) is 40.6. The maximum absolute atomic E-state index is 12.2. The smallest absolute Gasteiger partial charge is 0.322 e. The van der Waals surface area contributed by atoms with E-state index < -0.39 is 18.0 Å². The van der Waals surface area contributed by atoms with Crippen molar-refractivity contribution in [1.29, 1.82) is 0 Å². The molecule has 0 spiro atoms. The third kappa shape index (κ3) is 2.92. The highest BCUT2D eigenvalue weighted by molar-refractivity contribution is 6.05. The SMILES string of the molecule is Cc1noc(C2CCN(C(=O)C[C@@H]3NC(=O)NC3=O)CC2)n1. The number of amides is 4. The lowest BCUT2D eigenvalue weighted by atomic mass is 9.96. The number of likely N-dealkylation sites (tertiary alicyclic amines) is 1. The van der Waals surface area contributed by atoms with Gasteiger partial charge in [-0.25, -0.2) is 4.79 Å². The zero-order valence-electron chi connectivity index (χ0n) is 12.2. The van der Waals surface area contributed by atoms with Crippen LogP contribution in [0.15, 0.2) is 4.52 Å². The normalized spacial score (nSPS) is 22.6. The van der Waals surface area contributed by atoms with Gasteiger partial charge in [0.05, 0.1) is 6.42 Å². The van der Waals surface area contributed by atoms with E-state index in [9.17, 15) is 14.4 Å². The van der Waals surface area contributed by atoms with Crippen molar-refractivity contribution in [2.24, 2.45) is 0 Å². The Bertz CT molecular complexity index is 605. The fourth-order valence-corrected chi connectivity index (χ4v) is 2.76. The first-order chi connectivity index (χ1) is 10.5. The maximum Gasteiger partial charge on any atom is 0.322 e. The molecule has 1 aromatic rings. The predicted molar refractivity (Wildman–Crippen MR) is 72.7 cm³/mol. The van der Waals surface area contributed by atoms with Crippen LogP contribution >= 0.6 is 0 Å². The van der Waals surface area contributed by atoms with Crippen molar-refractivity contribution in [1.82, 2.24) is 25.7 Å². The van der Waals surface area contributed by atoms with Gasteiger partial charge in [-0.1, -0.05) is 5.16 Å². The number of nitrogens with one attached hydrogen (secondary N) is 2. The lowest BCUT2D eigenvalue weighted by molar-refractivity contribution is -0.134. The number of imide groups is 1. The molecule has 0 radical (unpaired) electrons. The summed E-state index contributed by atoms with van der Waals surface area (Å²) in [6.07, 6.45) is 1.48. The Kier molecular flexibility index (Phi) is 3.78. The van der Waals surface area contributed by atoms with Crippen LogP contribution in [0.25, 0.3) is 0 Å². The lowest BCUT2D eigenvalue weighted by Crippen LogP contribution is -2.42. The molecular weight excluding hydrogens is 290 g/mol. The van der Waals surface area contributed by atoms with Crippen LogP contribution in [-0.4, -0.2) is 52.0 Å². The Labute approximate surface area is 126 Å². The summed E-state index contributed by atoms with van der Waals surface area (Å²) < 4.78 is 5.17. The number of carbonyl (C=O) groups excluding carboxylic acids is 3. The summed E-state index contributed by atoms with van der Waals surface area (Å²) in [6.45, 7) is 2.92. The molecule has 0 saturated carbocycles. The van der Waals surface area contributed by atoms with Crippen LogP contribution in [0, 0.1) is 6.92 Å². The van der Waals surface area contributed by atoms with Gasteiger partial charge in [0, 0.05) is 19.0 Å². The lowest BCUT2D eigenvalue weighted by Gasteiger charge is -2.30. The van der Waals surface area contributed by atoms with Crippen LogP contribution in [0.3, 0.4) is 0 Å². The molecule has 2 fully saturated rings. The highest BCUT2D eigenvalue weighted by atomic mass is 16.5. The summed E-state index contributed by atoms with van der Waals surface area (Å²) >= 11 is 0. The predicted octanol–water partition coefficient (Wildman–Crippen LogP) is -0.318.